The molecule has 0 aromatic heterocycles. The van der Waals surface area contributed by atoms with Crippen molar-refractivity contribution in [2.24, 2.45) is 0 Å². The molecule has 0 atom stereocenters. The molecule has 1 aromatic rings. The number of ether oxygens (including phenoxy) is 1. The molecule has 23 heavy (non-hydrogen) atoms. The third kappa shape index (κ3) is 8.53. The van der Waals surface area contributed by atoms with Crippen LogP contribution in [0.4, 0.5) is 0 Å². The fraction of sp³-hybridized carbons (Fsp3) is 0.368. The molecule has 124 valence electrons. The van der Waals surface area contributed by atoms with E-state index in [4.69, 9.17) is 4.74 Å². The maximum absolute atomic E-state index is 12.0. The summed E-state index contributed by atoms with van der Waals surface area (Å²) in [7, 11) is 1.39. The van der Waals surface area contributed by atoms with Crippen LogP contribution in [0, 0.1) is 0 Å². The molecule has 4 heteroatoms. The molecule has 0 N–H and O–H groups in total. The Morgan fingerprint density at radius 2 is 1.87 bits per heavy atom. The van der Waals surface area contributed by atoms with Gasteiger partial charge in [-0.1, -0.05) is 0 Å². The van der Waals surface area contributed by atoms with Crippen molar-refractivity contribution in [3.05, 3.63) is 54.1 Å². The first kappa shape index (κ1) is 19.4. The van der Waals surface area contributed by atoms with E-state index in [1.807, 2.05) is 43.3 Å². The van der Waals surface area contributed by atoms with Crippen LogP contribution in [0.1, 0.15) is 39.0 Å². The van der Waals surface area contributed by atoms with Gasteiger partial charge in [-0.2, -0.15) is 0 Å². The number of allylic oxidation sites excluding steroid dienone is 2. The summed E-state index contributed by atoms with van der Waals surface area (Å²) < 4.78 is 6.16. The van der Waals surface area contributed by atoms with E-state index in [2.05, 4.69) is 6.58 Å². The van der Waals surface area contributed by atoms with Crippen molar-refractivity contribution in [1.82, 2.24) is 0 Å². The van der Waals surface area contributed by atoms with Gasteiger partial charge in [-0.05, 0) is 0 Å². The Balaban J connectivity index is 2.43. The Hall–Kier alpha value is -1.64. The summed E-state index contributed by atoms with van der Waals surface area (Å²) >= 11 is -0.143. The Bertz CT molecular complexity index is 561. The van der Waals surface area contributed by atoms with Crippen LogP contribution in [-0.2, 0) is 14.3 Å². The predicted octanol–water partition coefficient (Wildman–Crippen LogP) is 3.17. The molecular weight excluding hydrogens is 355 g/mol. The number of hydrogen-bond acceptors (Lipinski definition) is 3. The van der Waals surface area contributed by atoms with Crippen molar-refractivity contribution < 1.29 is 14.3 Å². The van der Waals surface area contributed by atoms with Crippen LogP contribution in [0.5, 0.6) is 0 Å². The summed E-state index contributed by atoms with van der Waals surface area (Å²) in [5.41, 5.74) is 1.75. The number of hydrogen-bond donors (Lipinski definition) is 0. The zero-order chi connectivity index (χ0) is 17.1. The molecule has 1 rings (SSSR count). The van der Waals surface area contributed by atoms with Gasteiger partial charge >= 0.3 is 145 Å². The first-order valence-electron chi connectivity index (χ1n) is 7.70. The van der Waals surface area contributed by atoms with Crippen LogP contribution in [0.2, 0.25) is 0 Å². The van der Waals surface area contributed by atoms with Gasteiger partial charge in [0.05, 0.1) is 0 Å². The molecular formula is C19H24O3Se. The molecule has 0 unspecified atom stereocenters. The predicted molar refractivity (Wildman–Crippen MR) is 94.8 cm³/mol. The van der Waals surface area contributed by atoms with E-state index >= 15 is 0 Å². The van der Waals surface area contributed by atoms with Crippen LogP contribution in [0.25, 0.3) is 0 Å². The number of carbonyl (C=O) groups excluding carboxylic acids is 2. The first-order valence-corrected chi connectivity index (χ1v) is 9.41. The van der Waals surface area contributed by atoms with E-state index in [0.717, 1.165) is 22.9 Å². The molecule has 0 aliphatic rings. The van der Waals surface area contributed by atoms with Gasteiger partial charge < -0.3 is 0 Å². The van der Waals surface area contributed by atoms with Crippen LogP contribution in [0.3, 0.4) is 0 Å². The van der Waals surface area contributed by atoms with Gasteiger partial charge in [-0.3, -0.25) is 0 Å². The van der Waals surface area contributed by atoms with Crippen LogP contribution in [0.15, 0.2) is 54.1 Å². The SMILES string of the molecule is C=C(C)CC/C=C(\CCCC(=O)[Se]c1ccccc1)C(=O)OC. The molecule has 0 spiro atoms. The third-order valence-corrected chi connectivity index (χ3v) is 5.18. The topological polar surface area (TPSA) is 43.4 Å². The average Bonchev–Trinajstić information content (AvgIpc) is 2.53. The van der Waals surface area contributed by atoms with E-state index in [-0.39, 0.29) is 25.6 Å². The normalized spacial score (nSPS) is 11.1. The van der Waals surface area contributed by atoms with Crippen LogP contribution >= 0.6 is 0 Å². The molecule has 0 aliphatic heterocycles. The van der Waals surface area contributed by atoms with Crippen molar-refractivity contribution >= 4 is 30.1 Å². The van der Waals surface area contributed by atoms with Crippen molar-refractivity contribution in [3.63, 3.8) is 0 Å². The number of benzene rings is 1. The zero-order valence-corrected chi connectivity index (χ0v) is 15.6. The van der Waals surface area contributed by atoms with E-state index in [1.54, 1.807) is 0 Å². The molecule has 0 radical (unpaired) electrons. The Labute approximate surface area is 145 Å². The first-order chi connectivity index (χ1) is 11.0. The minimum absolute atomic E-state index is 0.143. The summed E-state index contributed by atoms with van der Waals surface area (Å²) in [5, 5.41) is 0. The van der Waals surface area contributed by atoms with Gasteiger partial charge in [0.2, 0.25) is 0 Å². The van der Waals surface area contributed by atoms with Crippen molar-refractivity contribution in [2.45, 2.75) is 39.0 Å². The Morgan fingerprint density at radius 1 is 1.17 bits per heavy atom. The van der Waals surface area contributed by atoms with Crippen LogP contribution < -0.4 is 4.46 Å². The number of rotatable bonds is 10. The van der Waals surface area contributed by atoms with Crippen molar-refractivity contribution in [2.75, 3.05) is 7.11 Å². The average molecular weight is 379 g/mol. The van der Waals surface area contributed by atoms with Gasteiger partial charge in [0.25, 0.3) is 0 Å². The molecule has 0 bridgehead atoms. The summed E-state index contributed by atoms with van der Waals surface area (Å²) in [4.78, 5) is 23.8. The van der Waals surface area contributed by atoms with Gasteiger partial charge in [-0.25, -0.2) is 0 Å². The summed E-state index contributed by atoms with van der Waals surface area (Å²) in [6.45, 7) is 5.82. The molecule has 0 amide bonds. The number of carbonyl (C=O) groups is 2. The molecule has 0 saturated heterocycles. The van der Waals surface area contributed by atoms with Crippen LogP contribution in [-0.4, -0.2) is 32.7 Å². The second-order valence-electron chi connectivity index (χ2n) is 5.36. The second-order valence-corrected chi connectivity index (χ2v) is 7.73. The van der Waals surface area contributed by atoms with Crippen molar-refractivity contribution in [3.8, 4) is 0 Å². The molecule has 3 nitrogen and oxygen atoms in total. The molecule has 0 fully saturated rings. The zero-order valence-electron chi connectivity index (χ0n) is 13.8. The third-order valence-electron chi connectivity index (χ3n) is 3.21. The van der Waals surface area contributed by atoms with Gasteiger partial charge in [0.1, 0.15) is 0 Å². The minimum atomic E-state index is -0.298. The second kappa shape index (κ2) is 11.0. The Kier molecular flexibility index (Phi) is 9.27. The van der Waals surface area contributed by atoms with Gasteiger partial charge in [0, 0.05) is 0 Å². The van der Waals surface area contributed by atoms with E-state index < -0.39 is 0 Å². The fourth-order valence-electron chi connectivity index (χ4n) is 2.01. The summed E-state index contributed by atoms with van der Waals surface area (Å²) in [6.07, 6.45) is 5.32. The number of methoxy groups -OCH3 is 1. The summed E-state index contributed by atoms with van der Waals surface area (Å²) in [5.74, 6) is -0.298. The monoisotopic (exact) mass is 380 g/mol. The molecule has 0 heterocycles. The maximum atomic E-state index is 12.0. The van der Waals surface area contributed by atoms with E-state index in [0.29, 0.717) is 24.8 Å². The quantitative estimate of drug-likeness (QED) is 0.271. The van der Waals surface area contributed by atoms with Crippen molar-refractivity contribution in [1.29, 1.82) is 0 Å². The summed E-state index contributed by atoms with van der Waals surface area (Å²) in [6, 6.07) is 9.81. The molecule has 0 aliphatic carbocycles. The van der Waals surface area contributed by atoms with Gasteiger partial charge in [-0.15, -0.1) is 0 Å². The molecule has 1 aromatic carbocycles. The fourth-order valence-corrected chi connectivity index (χ4v) is 3.69. The molecule has 0 saturated carbocycles. The standard InChI is InChI=1S/C19H24O3Se/c1-15(2)9-7-10-16(19(21)22-3)11-8-14-18(20)23-17-12-5-4-6-13-17/h4-6,10,12-13H,1,7-9,11,14H2,2-3H3/b16-10+. The van der Waals surface area contributed by atoms with E-state index in [1.165, 1.54) is 7.11 Å². The van der Waals surface area contributed by atoms with Gasteiger partial charge in [0.15, 0.2) is 0 Å². The number of esters is 1. The Morgan fingerprint density at radius 3 is 2.48 bits per heavy atom. The van der Waals surface area contributed by atoms with E-state index in [9.17, 15) is 9.59 Å².